The molecule has 40 heavy (non-hydrogen) atoms. The molecular weight excluding hydrogens is 511 g/mol. The van der Waals surface area contributed by atoms with Crippen LogP contribution in [0.1, 0.15) is 41.6 Å². The van der Waals surface area contributed by atoms with Gasteiger partial charge in [-0.05, 0) is 68.0 Å². The van der Waals surface area contributed by atoms with Gasteiger partial charge < -0.3 is 30.4 Å². The second-order valence-corrected chi connectivity index (χ2v) is 10.4. The van der Waals surface area contributed by atoms with E-state index >= 15 is 0 Å². The number of morpholine rings is 1. The highest BCUT2D eigenvalue weighted by atomic mass is 19.1. The van der Waals surface area contributed by atoms with E-state index in [-0.39, 0.29) is 18.2 Å². The molecule has 1 aliphatic carbocycles. The number of benzene rings is 2. The molecule has 2 aliphatic rings. The van der Waals surface area contributed by atoms with Crippen LogP contribution in [0.5, 0.6) is 0 Å². The number of ketones is 1. The number of aromatic amines is 1. The number of nitrogens with one attached hydrogen (secondary N) is 3. The monoisotopic (exact) mass is 544 g/mol. The Balaban J connectivity index is 1.31. The number of carbonyl (C=O) groups excluding carboxylic acids is 1. The zero-order chi connectivity index (χ0) is 27.5. The van der Waals surface area contributed by atoms with Gasteiger partial charge in [-0.2, -0.15) is 9.97 Å². The average molecular weight is 545 g/mol. The molecule has 2 aromatic heterocycles. The number of halogens is 1. The minimum Gasteiger partial charge on any atom is -0.396 e. The van der Waals surface area contributed by atoms with Crippen LogP contribution >= 0.6 is 0 Å². The van der Waals surface area contributed by atoms with E-state index < -0.39 is 11.6 Å². The highest BCUT2D eigenvalue weighted by molar-refractivity contribution is 6.18. The van der Waals surface area contributed by atoms with E-state index in [2.05, 4.69) is 37.6 Å². The maximum Gasteiger partial charge on any atom is 0.231 e. The Kier molecular flexibility index (Phi) is 7.61. The maximum atomic E-state index is 14.5. The summed E-state index contributed by atoms with van der Waals surface area (Å²) in [6.07, 6.45) is 5.16. The van der Waals surface area contributed by atoms with E-state index in [0.29, 0.717) is 34.3 Å². The molecule has 0 atom stereocenters. The van der Waals surface area contributed by atoms with Gasteiger partial charge >= 0.3 is 0 Å². The number of hydrogen-bond donors (Lipinski definition) is 4. The molecule has 4 N–H and O–H groups in total. The molecule has 0 bridgehead atoms. The number of ether oxygens (including phenoxy) is 1. The zero-order valence-corrected chi connectivity index (χ0v) is 22.2. The average Bonchev–Trinajstić information content (AvgIpc) is 3.43. The normalized spacial score (nSPS) is 19.5. The van der Waals surface area contributed by atoms with Crippen molar-refractivity contribution in [2.75, 3.05) is 48.4 Å². The molecule has 3 heterocycles. The number of rotatable bonds is 8. The highest BCUT2D eigenvalue weighted by Crippen LogP contribution is 2.32. The Morgan fingerprint density at radius 1 is 1.02 bits per heavy atom. The van der Waals surface area contributed by atoms with Gasteiger partial charge in [0, 0.05) is 43.3 Å². The molecule has 208 valence electrons. The van der Waals surface area contributed by atoms with Crippen molar-refractivity contribution in [2.24, 2.45) is 5.92 Å². The molecular formula is C30H33FN6O3. The van der Waals surface area contributed by atoms with Crippen molar-refractivity contribution in [1.29, 1.82) is 0 Å². The highest BCUT2D eigenvalue weighted by Gasteiger charge is 2.25. The molecule has 10 heteroatoms. The lowest BCUT2D eigenvalue weighted by atomic mass is 9.86. The molecule has 6 rings (SSSR count). The molecule has 2 aromatic carbocycles. The summed E-state index contributed by atoms with van der Waals surface area (Å²) in [5, 5.41) is 16.9. The Labute approximate surface area is 231 Å². The summed E-state index contributed by atoms with van der Waals surface area (Å²) in [4.78, 5) is 28.3. The molecule has 0 radical (unpaired) electrons. The minimum absolute atomic E-state index is 0.000336. The van der Waals surface area contributed by atoms with Crippen LogP contribution < -0.4 is 15.5 Å². The quantitative estimate of drug-likeness (QED) is 0.232. The molecule has 2 fully saturated rings. The predicted molar refractivity (Wildman–Crippen MR) is 153 cm³/mol. The summed E-state index contributed by atoms with van der Waals surface area (Å²) >= 11 is 0. The molecule has 4 aromatic rings. The molecule has 0 amide bonds. The fourth-order valence-electron chi connectivity index (χ4n) is 5.55. The predicted octanol–water partition coefficient (Wildman–Crippen LogP) is 4.87. The van der Waals surface area contributed by atoms with Crippen LogP contribution in [0.3, 0.4) is 0 Å². The van der Waals surface area contributed by atoms with Gasteiger partial charge in [0.1, 0.15) is 17.3 Å². The number of hydrogen-bond acceptors (Lipinski definition) is 8. The number of aliphatic hydroxyl groups is 1. The first kappa shape index (κ1) is 26.2. The van der Waals surface area contributed by atoms with Gasteiger partial charge in [-0.3, -0.25) is 4.79 Å². The number of nitrogens with zero attached hydrogens (tertiary/aromatic N) is 3. The smallest absolute Gasteiger partial charge is 0.231 e. The maximum absolute atomic E-state index is 14.5. The SMILES string of the molecule is O=C(c1ccccc1F)c1c[nH]c2nc(Nc3ccc(N4CCOCC4)cc3)nc(NC3CCC(CO)CC3)c12. The third-order valence-corrected chi connectivity index (χ3v) is 7.84. The van der Waals surface area contributed by atoms with Crippen LogP contribution in [0.15, 0.2) is 54.7 Å². The Morgan fingerprint density at radius 2 is 1.77 bits per heavy atom. The van der Waals surface area contributed by atoms with E-state index in [1.54, 1.807) is 18.3 Å². The van der Waals surface area contributed by atoms with Gasteiger partial charge in [-0.15, -0.1) is 0 Å². The summed E-state index contributed by atoms with van der Waals surface area (Å²) in [6, 6.07) is 14.2. The van der Waals surface area contributed by atoms with Crippen molar-refractivity contribution in [2.45, 2.75) is 31.7 Å². The number of carbonyl (C=O) groups is 1. The van der Waals surface area contributed by atoms with Crippen LogP contribution in [-0.4, -0.2) is 64.8 Å². The third kappa shape index (κ3) is 5.50. The van der Waals surface area contributed by atoms with Gasteiger partial charge in [-0.1, -0.05) is 12.1 Å². The largest absolute Gasteiger partial charge is 0.396 e. The van der Waals surface area contributed by atoms with Crippen molar-refractivity contribution < 1.29 is 19.0 Å². The van der Waals surface area contributed by atoms with Crippen LogP contribution in [0.25, 0.3) is 11.0 Å². The van der Waals surface area contributed by atoms with Crippen LogP contribution in [-0.2, 0) is 4.74 Å². The van der Waals surface area contributed by atoms with Crippen molar-refractivity contribution in [3.63, 3.8) is 0 Å². The second-order valence-electron chi connectivity index (χ2n) is 10.4. The Bertz CT molecular complexity index is 1480. The second kappa shape index (κ2) is 11.6. The summed E-state index contributed by atoms with van der Waals surface area (Å²) in [5.74, 6) is 0.208. The molecule has 0 spiro atoms. The molecule has 0 unspecified atom stereocenters. The Hall–Kier alpha value is -4.02. The first-order valence-corrected chi connectivity index (χ1v) is 13.8. The number of aliphatic hydroxyl groups excluding tert-OH is 1. The third-order valence-electron chi connectivity index (χ3n) is 7.84. The number of fused-ring (bicyclic) bond motifs is 1. The summed E-state index contributed by atoms with van der Waals surface area (Å²) in [6.45, 7) is 3.37. The first-order chi connectivity index (χ1) is 19.6. The van der Waals surface area contributed by atoms with Gasteiger partial charge in [-0.25, -0.2) is 4.39 Å². The van der Waals surface area contributed by atoms with E-state index in [1.807, 2.05) is 12.1 Å². The lowest BCUT2D eigenvalue weighted by molar-refractivity contribution is 0.103. The van der Waals surface area contributed by atoms with Crippen molar-refractivity contribution in [3.8, 4) is 0 Å². The van der Waals surface area contributed by atoms with Crippen LogP contribution in [0.2, 0.25) is 0 Å². The van der Waals surface area contributed by atoms with Crippen molar-refractivity contribution >= 4 is 40.0 Å². The fraction of sp³-hybridized carbons (Fsp3) is 0.367. The lowest BCUT2D eigenvalue weighted by Gasteiger charge is -2.29. The van der Waals surface area contributed by atoms with Crippen LogP contribution in [0, 0.1) is 11.7 Å². The number of aromatic nitrogens is 3. The number of anilines is 4. The van der Waals surface area contributed by atoms with E-state index in [1.165, 1.54) is 12.1 Å². The van der Waals surface area contributed by atoms with Crippen molar-refractivity contribution in [1.82, 2.24) is 15.0 Å². The van der Waals surface area contributed by atoms with Crippen molar-refractivity contribution in [3.05, 3.63) is 71.7 Å². The molecule has 1 saturated carbocycles. The van der Waals surface area contributed by atoms with E-state index in [4.69, 9.17) is 9.72 Å². The fourth-order valence-corrected chi connectivity index (χ4v) is 5.55. The Morgan fingerprint density at radius 3 is 2.50 bits per heavy atom. The van der Waals surface area contributed by atoms with Gasteiger partial charge in [0.25, 0.3) is 0 Å². The van der Waals surface area contributed by atoms with Gasteiger partial charge in [0.15, 0.2) is 5.78 Å². The summed E-state index contributed by atoms with van der Waals surface area (Å²) in [5.41, 5.74) is 2.76. The van der Waals surface area contributed by atoms with Gasteiger partial charge in [0.2, 0.25) is 5.95 Å². The zero-order valence-electron chi connectivity index (χ0n) is 22.2. The lowest BCUT2D eigenvalue weighted by Crippen LogP contribution is -2.36. The topological polar surface area (TPSA) is 115 Å². The molecule has 9 nitrogen and oxygen atoms in total. The molecule has 1 aliphatic heterocycles. The van der Waals surface area contributed by atoms with E-state index in [9.17, 15) is 14.3 Å². The standard InChI is InChI=1S/C30H33FN6O3/c31-25-4-2-1-3-23(25)27(39)24-17-32-28-26(24)29(33-20-7-5-19(18-38)6-8-20)36-30(35-28)34-21-9-11-22(12-10-21)37-13-15-40-16-14-37/h1-4,9-12,17,19-20,38H,5-8,13-16,18H2,(H3,32,33,34,35,36). The minimum atomic E-state index is -0.571. The molecule has 1 saturated heterocycles. The van der Waals surface area contributed by atoms with Crippen LogP contribution in [0.4, 0.5) is 27.5 Å². The first-order valence-electron chi connectivity index (χ1n) is 13.8. The van der Waals surface area contributed by atoms with Gasteiger partial charge in [0.05, 0.1) is 29.7 Å². The number of H-pyrrole nitrogens is 1. The summed E-state index contributed by atoms with van der Waals surface area (Å²) in [7, 11) is 0. The summed E-state index contributed by atoms with van der Waals surface area (Å²) < 4.78 is 20.0. The van der Waals surface area contributed by atoms with E-state index in [0.717, 1.165) is 63.4 Å².